The molecule has 0 spiro atoms. The van der Waals surface area contributed by atoms with Crippen LogP contribution in [0.2, 0.25) is 0 Å². The average Bonchev–Trinajstić information content (AvgIpc) is 2.82. The Morgan fingerprint density at radius 3 is 2.79 bits per heavy atom. The Labute approximate surface area is 111 Å². The number of pyridine rings is 1. The van der Waals surface area contributed by atoms with E-state index in [9.17, 15) is 4.79 Å². The molecule has 19 heavy (non-hydrogen) atoms. The van der Waals surface area contributed by atoms with Gasteiger partial charge in [0.15, 0.2) is 0 Å². The van der Waals surface area contributed by atoms with Crippen LogP contribution in [0.3, 0.4) is 0 Å². The van der Waals surface area contributed by atoms with Crippen LogP contribution in [0.4, 0.5) is 11.8 Å². The lowest BCUT2D eigenvalue weighted by Gasteiger charge is -2.06. The summed E-state index contributed by atoms with van der Waals surface area (Å²) in [6, 6.07) is 3.50. The molecule has 100 valence electrons. The number of nitrogens with one attached hydrogen (secondary N) is 2. The fourth-order valence-electron chi connectivity index (χ4n) is 1.47. The minimum atomic E-state index is -0.259. The van der Waals surface area contributed by atoms with Crippen LogP contribution in [0.1, 0.15) is 23.7 Å². The van der Waals surface area contributed by atoms with Gasteiger partial charge in [0.25, 0.3) is 5.91 Å². The highest BCUT2D eigenvalue weighted by Crippen LogP contribution is 2.07. The van der Waals surface area contributed by atoms with Crippen molar-refractivity contribution in [2.24, 2.45) is 7.05 Å². The summed E-state index contributed by atoms with van der Waals surface area (Å²) in [6.07, 6.45) is 3.94. The number of anilines is 2. The Morgan fingerprint density at radius 2 is 2.21 bits per heavy atom. The SMILES string of the molecule is CCCNc1ccc(C(=O)Nc2ncnn2C)cn1. The van der Waals surface area contributed by atoms with Crippen molar-refractivity contribution >= 4 is 17.7 Å². The second-order valence-electron chi connectivity index (χ2n) is 4.02. The van der Waals surface area contributed by atoms with Crippen LogP contribution in [0.15, 0.2) is 24.7 Å². The van der Waals surface area contributed by atoms with Gasteiger partial charge >= 0.3 is 0 Å². The molecule has 0 saturated carbocycles. The van der Waals surface area contributed by atoms with Gasteiger partial charge < -0.3 is 5.32 Å². The second-order valence-corrected chi connectivity index (χ2v) is 4.02. The molecule has 0 bridgehead atoms. The Balaban J connectivity index is 2.01. The van der Waals surface area contributed by atoms with Crippen molar-refractivity contribution in [1.82, 2.24) is 19.7 Å². The lowest BCUT2D eigenvalue weighted by molar-refractivity contribution is 0.102. The summed E-state index contributed by atoms with van der Waals surface area (Å²) in [6.45, 7) is 2.94. The largest absolute Gasteiger partial charge is 0.370 e. The van der Waals surface area contributed by atoms with Gasteiger partial charge in [-0.1, -0.05) is 6.92 Å². The van der Waals surface area contributed by atoms with Gasteiger partial charge in [0.05, 0.1) is 5.56 Å². The third-order valence-electron chi connectivity index (χ3n) is 2.52. The van der Waals surface area contributed by atoms with E-state index in [0.29, 0.717) is 11.5 Å². The predicted molar refractivity (Wildman–Crippen MR) is 72.0 cm³/mol. The summed E-state index contributed by atoms with van der Waals surface area (Å²) in [5.74, 6) is 0.904. The van der Waals surface area contributed by atoms with Crippen molar-refractivity contribution in [3.63, 3.8) is 0 Å². The van der Waals surface area contributed by atoms with Crippen molar-refractivity contribution in [3.05, 3.63) is 30.2 Å². The number of aryl methyl sites for hydroxylation is 1. The molecule has 2 N–H and O–H groups in total. The van der Waals surface area contributed by atoms with E-state index in [1.807, 2.05) is 0 Å². The zero-order valence-corrected chi connectivity index (χ0v) is 10.9. The summed E-state index contributed by atoms with van der Waals surface area (Å²) in [5.41, 5.74) is 0.477. The fraction of sp³-hybridized carbons (Fsp3) is 0.333. The van der Waals surface area contributed by atoms with Gasteiger partial charge in [0.1, 0.15) is 12.1 Å². The number of carbonyl (C=O) groups is 1. The highest BCUT2D eigenvalue weighted by Gasteiger charge is 2.09. The monoisotopic (exact) mass is 260 g/mol. The highest BCUT2D eigenvalue weighted by atomic mass is 16.1. The first-order chi connectivity index (χ1) is 9.20. The van der Waals surface area contributed by atoms with Crippen molar-refractivity contribution in [1.29, 1.82) is 0 Å². The lowest BCUT2D eigenvalue weighted by atomic mass is 10.2. The number of hydrogen-bond donors (Lipinski definition) is 2. The smallest absolute Gasteiger partial charge is 0.259 e. The van der Waals surface area contributed by atoms with E-state index >= 15 is 0 Å². The standard InChI is InChI=1S/C12H16N6O/c1-3-6-13-10-5-4-9(7-14-10)11(19)17-12-15-8-16-18(12)2/h4-5,7-8H,3,6H2,1-2H3,(H,13,14)(H,15,16,17,19). The van der Waals surface area contributed by atoms with Crippen LogP contribution >= 0.6 is 0 Å². The lowest BCUT2D eigenvalue weighted by Crippen LogP contribution is -2.15. The summed E-state index contributed by atoms with van der Waals surface area (Å²) >= 11 is 0. The maximum absolute atomic E-state index is 11.9. The van der Waals surface area contributed by atoms with Crippen LogP contribution in [0, 0.1) is 0 Å². The molecular formula is C12H16N6O. The molecule has 7 nitrogen and oxygen atoms in total. The molecular weight excluding hydrogens is 244 g/mol. The summed E-state index contributed by atoms with van der Waals surface area (Å²) in [5, 5.41) is 9.68. The Morgan fingerprint density at radius 1 is 1.37 bits per heavy atom. The van der Waals surface area contributed by atoms with E-state index in [-0.39, 0.29) is 5.91 Å². The molecule has 0 aromatic carbocycles. The molecule has 0 radical (unpaired) electrons. The van der Waals surface area contributed by atoms with Crippen molar-refractivity contribution in [2.45, 2.75) is 13.3 Å². The summed E-state index contributed by atoms with van der Waals surface area (Å²) in [7, 11) is 1.71. The second kappa shape index (κ2) is 5.94. The van der Waals surface area contributed by atoms with Gasteiger partial charge in [-0.05, 0) is 18.6 Å². The van der Waals surface area contributed by atoms with Gasteiger partial charge in [-0.3, -0.25) is 10.1 Å². The number of aromatic nitrogens is 4. The Bertz CT molecular complexity index is 548. The Hall–Kier alpha value is -2.44. The number of rotatable bonds is 5. The van der Waals surface area contributed by atoms with Gasteiger partial charge in [-0.2, -0.15) is 10.1 Å². The third-order valence-corrected chi connectivity index (χ3v) is 2.52. The number of hydrogen-bond acceptors (Lipinski definition) is 5. The maximum atomic E-state index is 11.9. The molecule has 0 unspecified atom stereocenters. The first-order valence-corrected chi connectivity index (χ1v) is 6.06. The molecule has 2 aromatic rings. The Kier molecular flexibility index (Phi) is 4.07. The predicted octanol–water partition coefficient (Wildman–Crippen LogP) is 1.28. The maximum Gasteiger partial charge on any atom is 0.259 e. The van der Waals surface area contributed by atoms with E-state index in [4.69, 9.17) is 0 Å². The molecule has 0 fully saturated rings. The fourth-order valence-corrected chi connectivity index (χ4v) is 1.47. The minimum absolute atomic E-state index is 0.259. The van der Waals surface area contributed by atoms with Gasteiger partial charge in [0, 0.05) is 19.8 Å². The number of nitrogens with zero attached hydrogens (tertiary/aromatic N) is 4. The highest BCUT2D eigenvalue weighted by molar-refractivity contribution is 6.03. The van der Waals surface area contributed by atoms with E-state index in [1.165, 1.54) is 17.2 Å². The number of carbonyl (C=O) groups excluding carboxylic acids is 1. The van der Waals surface area contributed by atoms with Crippen molar-refractivity contribution in [2.75, 3.05) is 17.2 Å². The quantitative estimate of drug-likeness (QED) is 0.846. The molecule has 0 aliphatic heterocycles. The van der Waals surface area contributed by atoms with Gasteiger partial charge in [0.2, 0.25) is 5.95 Å². The molecule has 2 aromatic heterocycles. The van der Waals surface area contributed by atoms with E-state index in [0.717, 1.165) is 18.8 Å². The molecule has 0 aliphatic rings. The van der Waals surface area contributed by atoms with Crippen molar-refractivity contribution < 1.29 is 4.79 Å². The van der Waals surface area contributed by atoms with Gasteiger partial charge in [-0.15, -0.1) is 0 Å². The zero-order valence-electron chi connectivity index (χ0n) is 10.9. The van der Waals surface area contributed by atoms with E-state index < -0.39 is 0 Å². The third kappa shape index (κ3) is 3.27. The van der Waals surface area contributed by atoms with E-state index in [1.54, 1.807) is 19.2 Å². The van der Waals surface area contributed by atoms with Crippen molar-refractivity contribution in [3.8, 4) is 0 Å². The molecule has 0 atom stereocenters. The minimum Gasteiger partial charge on any atom is -0.370 e. The molecule has 2 heterocycles. The summed E-state index contributed by atoms with van der Waals surface area (Å²) in [4.78, 5) is 20.0. The van der Waals surface area contributed by atoms with Crippen LogP contribution in [-0.4, -0.2) is 32.2 Å². The molecule has 0 saturated heterocycles. The molecule has 2 rings (SSSR count). The van der Waals surface area contributed by atoms with E-state index in [2.05, 4.69) is 32.6 Å². The summed E-state index contributed by atoms with van der Waals surface area (Å²) < 4.78 is 1.49. The molecule has 0 aliphatic carbocycles. The van der Waals surface area contributed by atoms with Crippen LogP contribution in [-0.2, 0) is 7.05 Å². The molecule has 1 amide bonds. The van der Waals surface area contributed by atoms with Crippen LogP contribution < -0.4 is 10.6 Å². The first kappa shape index (κ1) is 13.0. The molecule has 7 heteroatoms. The normalized spacial score (nSPS) is 10.2. The average molecular weight is 260 g/mol. The first-order valence-electron chi connectivity index (χ1n) is 6.06. The number of amides is 1. The van der Waals surface area contributed by atoms with Crippen LogP contribution in [0.5, 0.6) is 0 Å². The zero-order chi connectivity index (χ0) is 13.7. The van der Waals surface area contributed by atoms with Crippen LogP contribution in [0.25, 0.3) is 0 Å². The van der Waals surface area contributed by atoms with Gasteiger partial charge in [-0.25, -0.2) is 9.67 Å². The topological polar surface area (TPSA) is 84.7 Å².